The van der Waals surface area contributed by atoms with E-state index < -0.39 is 0 Å². The van der Waals surface area contributed by atoms with Crippen LogP contribution in [0, 0.1) is 17.2 Å². The van der Waals surface area contributed by atoms with Gasteiger partial charge in [0.1, 0.15) is 6.07 Å². The fourth-order valence-electron chi connectivity index (χ4n) is 2.01. The number of rotatable bonds is 6. The zero-order chi connectivity index (χ0) is 15.1. The Balaban J connectivity index is 2.98. The number of carbonyl (C=O) groups is 1. The molecule has 1 aromatic rings. The lowest BCUT2D eigenvalue weighted by Gasteiger charge is -2.24. The van der Waals surface area contributed by atoms with Crippen LogP contribution in [0.3, 0.4) is 0 Å². The van der Waals surface area contributed by atoms with Crippen LogP contribution in [0.4, 0.5) is 5.69 Å². The van der Waals surface area contributed by atoms with Crippen LogP contribution in [0.2, 0.25) is 0 Å². The number of benzene rings is 1. The highest BCUT2D eigenvalue weighted by Crippen LogP contribution is 2.30. The Morgan fingerprint density at radius 1 is 1.55 bits per heavy atom. The first-order valence-corrected chi connectivity index (χ1v) is 7.48. The molecule has 20 heavy (non-hydrogen) atoms. The third-order valence-corrected chi connectivity index (χ3v) is 3.92. The number of methoxy groups -OCH3 is 1. The molecule has 0 aliphatic heterocycles. The van der Waals surface area contributed by atoms with E-state index >= 15 is 0 Å². The molecule has 1 unspecified atom stereocenters. The number of anilines is 1. The summed E-state index contributed by atoms with van der Waals surface area (Å²) < 4.78 is 4.73. The van der Waals surface area contributed by atoms with E-state index in [1.54, 1.807) is 11.8 Å². The summed E-state index contributed by atoms with van der Waals surface area (Å²) in [6.07, 6.45) is 0. The lowest BCUT2D eigenvalue weighted by atomic mass is 10.1. The molecule has 0 heterocycles. The van der Waals surface area contributed by atoms with Crippen molar-refractivity contribution in [3.63, 3.8) is 0 Å². The number of thioether (sulfide) groups is 1. The Morgan fingerprint density at radius 3 is 2.80 bits per heavy atom. The standard InChI is InChI=1S/C15H20N2O2S/c1-5-20-14-8-6-7-13(12(14)9-16)17(3)10-11(2)15(18)19-4/h6-8,11H,5,10H2,1-4H3. The zero-order valence-corrected chi connectivity index (χ0v) is 13.2. The van der Waals surface area contributed by atoms with Gasteiger partial charge in [-0.05, 0) is 17.9 Å². The monoisotopic (exact) mass is 292 g/mol. The van der Waals surface area contributed by atoms with E-state index in [9.17, 15) is 10.1 Å². The smallest absolute Gasteiger partial charge is 0.310 e. The van der Waals surface area contributed by atoms with Crippen molar-refractivity contribution in [3.05, 3.63) is 23.8 Å². The molecule has 0 bridgehead atoms. The molecule has 0 radical (unpaired) electrons. The molecule has 0 saturated carbocycles. The highest BCUT2D eigenvalue weighted by atomic mass is 32.2. The van der Waals surface area contributed by atoms with Gasteiger partial charge in [-0.1, -0.05) is 19.9 Å². The fraction of sp³-hybridized carbons (Fsp3) is 0.467. The predicted molar refractivity (Wildman–Crippen MR) is 82.0 cm³/mol. The van der Waals surface area contributed by atoms with E-state index in [-0.39, 0.29) is 11.9 Å². The normalized spacial score (nSPS) is 11.6. The molecule has 0 amide bonds. The molecule has 0 aromatic heterocycles. The summed E-state index contributed by atoms with van der Waals surface area (Å²) in [6.45, 7) is 4.39. The minimum atomic E-state index is -0.241. The Labute approximate surface area is 124 Å². The molecule has 0 saturated heterocycles. The Morgan fingerprint density at radius 2 is 2.25 bits per heavy atom. The van der Waals surface area contributed by atoms with E-state index in [1.165, 1.54) is 7.11 Å². The second-order valence-electron chi connectivity index (χ2n) is 4.50. The molecule has 0 aliphatic carbocycles. The maximum atomic E-state index is 11.5. The summed E-state index contributed by atoms with van der Waals surface area (Å²) in [5.41, 5.74) is 1.51. The highest BCUT2D eigenvalue weighted by molar-refractivity contribution is 7.99. The zero-order valence-electron chi connectivity index (χ0n) is 12.3. The van der Waals surface area contributed by atoms with Gasteiger partial charge in [0.2, 0.25) is 0 Å². The molecule has 1 rings (SSSR count). The van der Waals surface area contributed by atoms with Gasteiger partial charge in [0, 0.05) is 18.5 Å². The highest BCUT2D eigenvalue weighted by Gasteiger charge is 2.18. The van der Waals surface area contributed by atoms with Crippen LogP contribution in [0.5, 0.6) is 0 Å². The van der Waals surface area contributed by atoms with Crippen molar-refractivity contribution in [3.8, 4) is 6.07 Å². The molecule has 0 spiro atoms. The van der Waals surface area contributed by atoms with E-state index in [0.29, 0.717) is 12.1 Å². The first-order valence-electron chi connectivity index (χ1n) is 6.50. The van der Waals surface area contributed by atoms with Gasteiger partial charge in [-0.2, -0.15) is 5.26 Å². The first-order chi connectivity index (χ1) is 9.54. The lowest BCUT2D eigenvalue weighted by Crippen LogP contribution is -2.29. The summed E-state index contributed by atoms with van der Waals surface area (Å²) in [4.78, 5) is 14.4. The second kappa shape index (κ2) is 7.81. The Kier molecular flexibility index (Phi) is 6.40. The van der Waals surface area contributed by atoms with Gasteiger partial charge in [0.25, 0.3) is 0 Å². The van der Waals surface area contributed by atoms with E-state index in [2.05, 4.69) is 13.0 Å². The number of esters is 1. The van der Waals surface area contributed by atoms with Gasteiger partial charge in [0.15, 0.2) is 0 Å². The molecule has 0 fully saturated rings. The Hall–Kier alpha value is -1.67. The van der Waals surface area contributed by atoms with E-state index in [1.807, 2.05) is 37.1 Å². The quantitative estimate of drug-likeness (QED) is 0.596. The topological polar surface area (TPSA) is 53.3 Å². The number of nitriles is 1. The minimum absolute atomic E-state index is 0.237. The van der Waals surface area contributed by atoms with Gasteiger partial charge >= 0.3 is 5.97 Å². The van der Waals surface area contributed by atoms with Crippen molar-refractivity contribution in [2.24, 2.45) is 5.92 Å². The number of ether oxygens (including phenoxy) is 1. The molecule has 1 aromatic carbocycles. The van der Waals surface area contributed by atoms with Gasteiger partial charge in [0.05, 0.1) is 24.3 Å². The molecule has 5 heteroatoms. The third-order valence-electron chi connectivity index (χ3n) is 2.98. The molecule has 108 valence electrons. The van der Waals surface area contributed by atoms with Crippen molar-refractivity contribution in [1.29, 1.82) is 5.26 Å². The van der Waals surface area contributed by atoms with Gasteiger partial charge in [-0.15, -0.1) is 11.8 Å². The van der Waals surface area contributed by atoms with Crippen LogP contribution in [0.15, 0.2) is 23.1 Å². The first kappa shape index (κ1) is 16.4. The average Bonchev–Trinajstić information content (AvgIpc) is 2.46. The van der Waals surface area contributed by atoms with Crippen molar-refractivity contribution >= 4 is 23.4 Å². The lowest BCUT2D eigenvalue weighted by molar-refractivity contribution is -0.144. The molecule has 0 aliphatic rings. The molecule has 0 N–H and O–H groups in total. The summed E-state index contributed by atoms with van der Waals surface area (Å²) in [5.74, 6) is 0.439. The maximum Gasteiger partial charge on any atom is 0.310 e. The number of hydrogen-bond acceptors (Lipinski definition) is 5. The largest absolute Gasteiger partial charge is 0.469 e. The van der Waals surface area contributed by atoms with Crippen molar-refractivity contribution in [2.75, 3.05) is 31.4 Å². The summed E-state index contributed by atoms with van der Waals surface area (Å²) in [6, 6.07) is 8.06. The van der Waals surface area contributed by atoms with E-state index in [4.69, 9.17) is 4.74 Å². The van der Waals surface area contributed by atoms with Crippen LogP contribution in [-0.4, -0.2) is 32.4 Å². The minimum Gasteiger partial charge on any atom is -0.469 e. The average molecular weight is 292 g/mol. The SMILES string of the molecule is CCSc1cccc(N(C)CC(C)C(=O)OC)c1C#N. The van der Waals surface area contributed by atoms with Gasteiger partial charge in [-0.3, -0.25) is 4.79 Å². The number of hydrogen-bond donors (Lipinski definition) is 0. The Bertz CT molecular complexity index is 511. The molecule has 4 nitrogen and oxygen atoms in total. The van der Waals surface area contributed by atoms with Crippen LogP contribution < -0.4 is 4.90 Å². The number of carbonyl (C=O) groups excluding carboxylic acids is 1. The van der Waals surface area contributed by atoms with Gasteiger partial charge < -0.3 is 9.64 Å². The predicted octanol–water partition coefficient (Wildman–Crippen LogP) is 2.92. The number of nitrogens with zero attached hydrogens (tertiary/aromatic N) is 2. The summed E-state index contributed by atoms with van der Waals surface area (Å²) >= 11 is 1.65. The molecular weight excluding hydrogens is 272 g/mol. The maximum absolute atomic E-state index is 11.5. The molecule has 1 atom stereocenters. The summed E-state index contributed by atoms with van der Waals surface area (Å²) in [7, 11) is 3.27. The van der Waals surface area contributed by atoms with Crippen molar-refractivity contribution < 1.29 is 9.53 Å². The van der Waals surface area contributed by atoms with Crippen LogP contribution in [0.1, 0.15) is 19.4 Å². The second-order valence-corrected chi connectivity index (χ2v) is 5.81. The van der Waals surface area contributed by atoms with E-state index in [0.717, 1.165) is 16.3 Å². The molecular formula is C15H20N2O2S. The fourth-order valence-corrected chi connectivity index (χ4v) is 2.79. The van der Waals surface area contributed by atoms with Crippen molar-refractivity contribution in [2.45, 2.75) is 18.7 Å². The van der Waals surface area contributed by atoms with Gasteiger partial charge in [-0.25, -0.2) is 0 Å². The van der Waals surface area contributed by atoms with Crippen LogP contribution >= 0.6 is 11.8 Å². The van der Waals surface area contributed by atoms with Crippen LogP contribution in [0.25, 0.3) is 0 Å². The van der Waals surface area contributed by atoms with Crippen molar-refractivity contribution in [1.82, 2.24) is 0 Å². The summed E-state index contributed by atoms with van der Waals surface area (Å²) in [5, 5.41) is 9.38. The van der Waals surface area contributed by atoms with Crippen LogP contribution in [-0.2, 0) is 9.53 Å². The third kappa shape index (κ3) is 3.91.